The van der Waals surface area contributed by atoms with Crippen molar-refractivity contribution in [2.75, 3.05) is 13.6 Å². The van der Waals surface area contributed by atoms with E-state index in [0.29, 0.717) is 33.5 Å². The number of benzene rings is 2. The molecule has 31 heavy (non-hydrogen) atoms. The maximum atomic E-state index is 12.8. The van der Waals surface area contributed by atoms with E-state index in [9.17, 15) is 13.2 Å². The molecule has 0 bridgehead atoms. The Bertz CT molecular complexity index is 1280. The van der Waals surface area contributed by atoms with E-state index in [4.69, 9.17) is 23.2 Å². The van der Waals surface area contributed by atoms with Crippen LogP contribution in [0.3, 0.4) is 0 Å². The van der Waals surface area contributed by atoms with Crippen LogP contribution >= 0.6 is 34.5 Å². The molecule has 0 N–H and O–H groups in total. The molecule has 0 unspecified atom stereocenters. The minimum absolute atomic E-state index is 0.145. The van der Waals surface area contributed by atoms with Gasteiger partial charge >= 0.3 is 0 Å². The largest absolute Gasteiger partial charge is 0.315 e. The summed E-state index contributed by atoms with van der Waals surface area (Å²) in [5, 5.41) is 1.08. The van der Waals surface area contributed by atoms with Gasteiger partial charge < -0.3 is 4.57 Å². The number of halogens is 2. The Hall–Kier alpha value is -1.71. The highest BCUT2D eigenvalue weighted by molar-refractivity contribution is 7.89. The molecular weight excluding hydrogens is 477 g/mol. The molecule has 0 aliphatic carbocycles. The number of hydrogen-bond acceptors (Lipinski definition) is 4. The molecule has 166 valence electrons. The van der Waals surface area contributed by atoms with Crippen LogP contribution in [0.5, 0.6) is 0 Å². The van der Waals surface area contributed by atoms with Crippen molar-refractivity contribution >= 4 is 60.7 Å². The lowest BCUT2D eigenvalue weighted by Crippen LogP contribution is -2.27. The summed E-state index contributed by atoms with van der Waals surface area (Å²) < 4.78 is 29.2. The number of rotatable bonds is 7. The van der Waals surface area contributed by atoms with Gasteiger partial charge in [0, 0.05) is 25.7 Å². The molecule has 0 saturated carbocycles. The zero-order valence-electron chi connectivity index (χ0n) is 17.4. The fraction of sp³-hybridized carbons (Fsp3) is 0.333. The number of amides is 1. The lowest BCUT2D eigenvalue weighted by atomic mass is 10.2. The molecule has 0 fully saturated rings. The summed E-state index contributed by atoms with van der Waals surface area (Å²) in [5.41, 5.74) is 1.04. The van der Waals surface area contributed by atoms with Crippen molar-refractivity contribution in [3.05, 3.63) is 56.8 Å². The second-order valence-electron chi connectivity index (χ2n) is 6.96. The zero-order chi connectivity index (χ0) is 22.8. The van der Waals surface area contributed by atoms with Gasteiger partial charge in [-0.3, -0.25) is 4.79 Å². The van der Waals surface area contributed by atoms with Crippen molar-refractivity contribution in [2.24, 2.45) is 4.99 Å². The van der Waals surface area contributed by atoms with Crippen LogP contribution < -0.4 is 4.80 Å². The average molecular weight is 500 g/mol. The minimum Gasteiger partial charge on any atom is -0.315 e. The monoisotopic (exact) mass is 499 g/mol. The fourth-order valence-corrected chi connectivity index (χ4v) is 6.01. The molecule has 6 nitrogen and oxygen atoms in total. The van der Waals surface area contributed by atoms with Crippen LogP contribution in [-0.4, -0.2) is 36.8 Å². The van der Waals surface area contributed by atoms with Crippen molar-refractivity contribution in [1.82, 2.24) is 8.87 Å². The first kappa shape index (κ1) is 23.9. The van der Waals surface area contributed by atoms with Gasteiger partial charge in [0.15, 0.2) is 4.80 Å². The molecule has 1 amide bonds. The van der Waals surface area contributed by atoms with Crippen LogP contribution in [0, 0.1) is 0 Å². The molecule has 0 radical (unpaired) electrons. The Balaban J connectivity index is 1.95. The molecule has 10 heteroatoms. The number of unbranched alkanes of at least 4 members (excludes halogenated alkanes) is 1. The smallest absolute Gasteiger partial charge is 0.279 e. The van der Waals surface area contributed by atoms with Gasteiger partial charge in [-0.25, -0.2) is 12.7 Å². The van der Waals surface area contributed by atoms with Gasteiger partial charge in [-0.05, 0) is 49.7 Å². The number of aryl methyl sites for hydroxylation is 1. The van der Waals surface area contributed by atoms with Gasteiger partial charge in [-0.2, -0.15) is 4.99 Å². The van der Waals surface area contributed by atoms with Gasteiger partial charge in [0.25, 0.3) is 5.91 Å². The van der Waals surface area contributed by atoms with Crippen molar-refractivity contribution in [1.29, 1.82) is 0 Å². The Kier molecular flexibility index (Phi) is 7.59. The van der Waals surface area contributed by atoms with Crippen LogP contribution in [0.2, 0.25) is 10.0 Å². The first-order valence-corrected chi connectivity index (χ1v) is 12.8. The Morgan fingerprint density at radius 3 is 2.35 bits per heavy atom. The van der Waals surface area contributed by atoms with Crippen molar-refractivity contribution in [3.8, 4) is 0 Å². The third-order valence-corrected chi connectivity index (χ3v) is 8.59. The van der Waals surface area contributed by atoms with Gasteiger partial charge in [-0.15, -0.1) is 0 Å². The average Bonchev–Trinajstić information content (AvgIpc) is 3.13. The van der Waals surface area contributed by atoms with Gasteiger partial charge in [0.1, 0.15) is 0 Å². The highest BCUT2D eigenvalue weighted by Crippen LogP contribution is 2.31. The number of thiazole rings is 1. The Labute approximate surface area is 195 Å². The molecule has 2 aromatic carbocycles. The maximum absolute atomic E-state index is 12.8. The normalized spacial score (nSPS) is 12.8. The molecule has 0 saturated heterocycles. The van der Waals surface area contributed by atoms with E-state index in [1.807, 2.05) is 18.4 Å². The van der Waals surface area contributed by atoms with E-state index >= 15 is 0 Å². The van der Waals surface area contributed by atoms with E-state index in [0.717, 1.165) is 23.1 Å². The third-order valence-electron chi connectivity index (χ3n) is 4.88. The zero-order valence-corrected chi connectivity index (χ0v) is 20.6. The van der Waals surface area contributed by atoms with Gasteiger partial charge in [0.05, 0.1) is 25.2 Å². The lowest BCUT2D eigenvalue weighted by Gasteiger charge is -2.16. The minimum atomic E-state index is -3.59. The van der Waals surface area contributed by atoms with Crippen LogP contribution in [0.1, 0.15) is 37.0 Å². The van der Waals surface area contributed by atoms with Crippen LogP contribution in [0.4, 0.5) is 0 Å². The first-order chi connectivity index (χ1) is 14.7. The number of aromatic nitrogens is 1. The molecule has 0 aliphatic rings. The standard InChI is InChI=1S/C21H23Cl2N3O3S2/c1-4-6-13-25(3)31(28,29)15-9-7-14(8-10-15)20(27)24-21-26(5-2)18-16(22)11-12-17(23)19(18)30-21/h7-12H,4-6,13H2,1-3H3. The second kappa shape index (κ2) is 9.83. The fourth-order valence-electron chi connectivity index (χ4n) is 3.09. The first-order valence-electron chi connectivity index (χ1n) is 9.83. The predicted octanol–water partition coefficient (Wildman–Crippen LogP) is 5.19. The number of fused-ring (bicyclic) bond motifs is 1. The second-order valence-corrected chi connectivity index (χ2v) is 10.8. The quantitative estimate of drug-likeness (QED) is 0.448. The molecule has 0 aliphatic heterocycles. The van der Waals surface area contributed by atoms with Crippen LogP contribution in [0.15, 0.2) is 46.3 Å². The molecule has 0 atom stereocenters. The summed E-state index contributed by atoms with van der Waals surface area (Å²) >= 11 is 13.9. The predicted molar refractivity (Wildman–Crippen MR) is 127 cm³/mol. The van der Waals surface area contributed by atoms with E-state index in [1.54, 1.807) is 19.2 Å². The molecule has 1 aromatic heterocycles. The summed E-state index contributed by atoms with van der Waals surface area (Å²) in [7, 11) is -2.03. The lowest BCUT2D eigenvalue weighted by molar-refractivity contribution is 0.0997. The number of hydrogen-bond donors (Lipinski definition) is 0. The van der Waals surface area contributed by atoms with E-state index in [2.05, 4.69) is 4.99 Å². The number of carbonyl (C=O) groups excluding carboxylic acids is 1. The van der Waals surface area contributed by atoms with Gasteiger partial charge in [0.2, 0.25) is 10.0 Å². The summed E-state index contributed by atoms with van der Waals surface area (Å²) in [6, 6.07) is 9.27. The topological polar surface area (TPSA) is 71.7 Å². The number of nitrogens with zero attached hydrogens (tertiary/aromatic N) is 3. The molecular formula is C21H23Cl2N3O3S2. The summed E-state index contributed by atoms with van der Waals surface area (Å²) in [6.07, 6.45) is 1.69. The SMILES string of the molecule is CCCCN(C)S(=O)(=O)c1ccc(C(=O)N=c2sc3c(Cl)ccc(Cl)c3n2CC)cc1. The number of carbonyl (C=O) groups is 1. The van der Waals surface area contributed by atoms with Gasteiger partial charge in [-0.1, -0.05) is 47.9 Å². The summed E-state index contributed by atoms with van der Waals surface area (Å²) in [4.78, 5) is 17.6. The van der Waals surface area contributed by atoms with E-state index in [1.165, 1.54) is 39.9 Å². The Morgan fingerprint density at radius 1 is 1.10 bits per heavy atom. The van der Waals surface area contributed by atoms with Crippen LogP contribution in [0.25, 0.3) is 10.2 Å². The molecule has 1 heterocycles. The number of sulfonamides is 1. The molecule has 3 aromatic rings. The van der Waals surface area contributed by atoms with Crippen molar-refractivity contribution < 1.29 is 13.2 Å². The highest BCUT2D eigenvalue weighted by atomic mass is 35.5. The Morgan fingerprint density at radius 2 is 1.74 bits per heavy atom. The summed E-state index contributed by atoms with van der Waals surface area (Å²) in [6.45, 7) is 4.95. The maximum Gasteiger partial charge on any atom is 0.279 e. The van der Waals surface area contributed by atoms with E-state index in [-0.39, 0.29) is 4.90 Å². The molecule has 3 rings (SSSR count). The van der Waals surface area contributed by atoms with Crippen molar-refractivity contribution in [3.63, 3.8) is 0 Å². The highest BCUT2D eigenvalue weighted by Gasteiger charge is 2.20. The summed E-state index contributed by atoms with van der Waals surface area (Å²) in [5.74, 6) is -0.468. The molecule has 0 spiro atoms. The van der Waals surface area contributed by atoms with E-state index < -0.39 is 15.9 Å². The van der Waals surface area contributed by atoms with Crippen LogP contribution in [-0.2, 0) is 16.6 Å². The van der Waals surface area contributed by atoms with Crippen molar-refractivity contribution in [2.45, 2.75) is 38.1 Å². The third kappa shape index (κ3) is 4.88.